The van der Waals surface area contributed by atoms with Crippen molar-refractivity contribution in [1.29, 1.82) is 0 Å². The van der Waals surface area contributed by atoms with Crippen molar-refractivity contribution in [2.24, 2.45) is 0 Å². The minimum Gasteiger partial charge on any atom is -0.347 e. The minimum atomic E-state index is -4.60. The maximum absolute atomic E-state index is 13.2. The van der Waals surface area contributed by atoms with Gasteiger partial charge in [-0.25, -0.2) is 13.8 Å². The predicted molar refractivity (Wildman–Crippen MR) is 91.1 cm³/mol. The second kappa shape index (κ2) is 7.59. The highest BCUT2D eigenvalue weighted by Crippen LogP contribution is 2.32. The van der Waals surface area contributed by atoms with Crippen molar-refractivity contribution in [3.8, 4) is 5.82 Å². The number of nitrogens with one attached hydrogen (secondary N) is 1. The molecule has 0 aliphatic carbocycles. The van der Waals surface area contributed by atoms with Gasteiger partial charge >= 0.3 is 6.18 Å². The summed E-state index contributed by atoms with van der Waals surface area (Å²) in [7, 11) is 0. The molecule has 2 heterocycles. The summed E-state index contributed by atoms with van der Waals surface area (Å²) in [6.07, 6.45) is -2.57. The number of pyridine rings is 1. The van der Waals surface area contributed by atoms with Crippen LogP contribution in [-0.2, 0) is 12.7 Å². The number of hydrogen-bond acceptors (Lipinski definition) is 2. The molecule has 0 bridgehead atoms. The standard InChI is InChI=1S/C18H11ClF5N3O/c19-12-7-11(18(22,23)24)9-25-16(12)27-5-1-2-15(27)17(28)26-8-10-3-4-13(20)14(21)6-10/h1-7,9H,8H2,(H,26,28). The zero-order valence-corrected chi connectivity index (χ0v) is 14.7. The number of nitrogens with zero attached hydrogens (tertiary/aromatic N) is 2. The molecule has 4 nitrogen and oxygen atoms in total. The first-order chi connectivity index (χ1) is 13.2. The van der Waals surface area contributed by atoms with Crippen molar-refractivity contribution >= 4 is 17.5 Å². The Morgan fingerprint density at radius 1 is 1.14 bits per heavy atom. The van der Waals surface area contributed by atoms with Crippen LogP contribution in [0.3, 0.4) is 0 Å². The Balaban J connectivity index is 1.81. The maximum Gasteiger partial charge on any atom is 0.417 e. The van der Waals surface area contributed by atoms with E-state index in [2.05, 4.69) is 10.3 Å². The molecule has 1 aromatic carbocycles. The number of hydrogen-bond donors (Lipinski definition) is 1. The lowest BCUT2D eigenvalue weighted by molar-refractivity contribution is -0.137. The fourth-order valence-electron chi connectivity index (χ4n) is 2.44. The van der Waals surface area contributed by atoms with Crippen molar-refractivity contribution in [3.63, 3.8) is 0 Å². The van der Waals surface area contributed by atoms with E-state index in [9.17, 15) is 26.7 Å². The zero-order chi connectivity index (χ0) is 20.5. The second-order valence-electron chi connectivity index (χ2n) is 5.72. The molecule has 1 N–H and O–H groups in total. The molecule has 0 unspecified atom stereocenters. The Morgan fingerprint density at radius 2 is 1.89 bits per heavy atom. The summed E-state index contributed by atoms with van der Waals surface area (Å²) < 4.78 is 65.6. The number of halogens is 6. The Labute approximate surface area is 160 Å². The number of alkyl halides is 3. The van der Waals surface area contributed by atoms with Gasteiger partial charge < -0.3 is 5.32 Å². The third-order valence-corrected chi connectivity index (χ3v) is 4.07. The lowest BCUT2D eigenvalue weighted by Crippen LogP contribution is -2.25. The molecule has 2 aromatic heterocycles. The van der Waals surface area contributed by atoms with Crippen molar-refractivity contribution in [1.82, 2.24) is 14.9 Å². The molecule has 0 saturated heterocycles. The van der Waals surface area contributed by atoms with Gasteiger partial charge in [0.1, 0.15) is 5.69 Å². The third-order valence-electron chi connectivity index (χ3n) is 3.80. The molecule has 1 amide bonds. The van der Waals surface area contributed by atoms with Gasteiger partial charge in [-0.3, -0.25) is 9.36 Å². The number of carbonyl (C=O) groups excluding carboxylic acids is 1. The van der Waals surface area contributed by atoms with Gasteiger partial charge in [-0.2, -0.15) is 13.2 Å². The average molecular weight is 416 g/mol. The normalized spacial score (nSPS) is 11.5. The van der Waals surface area contributed by atoms with Crippen molar-refractivity contribution in [2.75, 3.05) is 0 Å². The van der Waals surface area contributed by atoms with Crippen LogP contribution in [0, 0.1) is 11.6 Å². The van der Waals surface area contributed by atoms with Crippen molar-refractivity contribution < 1.29 is 26.7 Å². The molecule has 28 heavy (non-hydrogen) atoms. The van der Waals surface area contributed by atoms with Gasteiger partial charge in [-0.05, 0) is 35.9 Å². The molecule has 0 atom stereocenters. The topological polar surface area (TPSA) is 46.9 Å². The molecule has 0 radical (unpaired) electrons. The summed E-state index contributed by atoms with van der Waals surface area (Å²) >= 11 is 5.92. The minimum absolute atomic E-state index is 0.0525. The van der Waals surface area contributed by atoms with Crippen LogP contribution >= 0.6 is 11.6 Å². The molecule has 0 aliphatic rings. The largest absolute Gasteiger partial charge is 0.417 e. The second-order valence-corrected chi connectivity index (χ2v) is 6.13. The summed E-state index contributed by atoms with van der Waals surface area (Å²) in [5, 5.41) is 2.22. The predicted octanol–water partition coefficient (Wildman–Crippen LogP) is 4.75. The molecule has 3 rings (SSSR count). The number of rotatable bonds is 4. The molecular formula is C18H11ClF5N3O. The van der Waals surface area contributed by atoms with E-state index in [4.69, 9.17) is 11.6 Å². The fourth-order valence-corrected chi connectivity index (χ4v) is 2.69. The Kier molecular flexibility index (Phi) is 5.37. The number of carbonyl (C=O) groups is 1. The lowest BCUT2D eigenvalue weighted by Gasteiger charge is -2.12. The Hall–Kier alpha value is -2.94. The van der Waals surface area contributed by atoms with E-state index in [1.54, 1.807) is 0 Å². The highest BCUT2D eigenvalue weighted by atomic mass is 35.5. The summed E-state index contributed by atoms with van der Waals surface area (Å²) in [4.78, 5) is 16.1. The van der Waals surface area contributed by atoms with Crippen LogP contribution in [-0.4, -0.2) is 15.5 Å². The van der Waals surface area contributed by atoms with E-state index >= 15 is 0 Å². The highest BCUT2D eigenvalue weighted by Gasteiger charge is 2.32. The first-order valence-electron chi connectivity index (χ1n) is 7.79. The maximum atomic E-state index is 13.2. The third kappa shape index (κ3) is 4.14. The number of aromatic nitrogens is 2. The zero-order valence-electron chi connectivity index (χ0n) is 13.9. The highest BCUT2D eigenvalue weighted by molar-refractivity contribution is 6.32. The van der Waals surface area contributed by atoms with Gasteiger partial charge in [0, 0.05) is 18.9 Å². The summed E-state index contributed by atoms with van der Waals surface area (Å²) in [6.45, 7) is -0.0879. The SMILES string of the molecule is O=C(NCc1ccc(F)c(F)c1)c1cccn1-c1ncc(C(F)(F)F)cc1Cl. The molecule has 10 heteroatoms. The first-order valence-corrected chi connectivity index (χ1v) is 8.17. The molecule has 0 saturated carbocycles. The number of benzene rings is 1. The Morgan fingerprint density at radius 3 is 2.54 bits per heavy atom. The fraction of sp³-hybridized carbons (Fsp3) is 0.111. The van der Waals surface area contributed by atoms with E-state index in [0.717, 1.165) is 12.1 Å². The van der Waals surface area contributed by atoms with Crippen LogP contribution in [0.4, 0.5) is 22.0 Å². The van der Waals surface area contributed by atoms with Gasteiger partial charge in [0.2, 0.25) is 0 Å². The summed E-state index contributed by atoms with van der Waals surface area (Å²) in [5.41, 5.74) is -0.634. The van der Waals surface area contributed by atoms with Crippen LogP contribution in [0.1, 0.15) is 21.6 Å². The molecule has 0 spiro atoms. The van der Waals surface area contributed by atoms with E-state index in [0.29, 0.717) is 17.8 Å². The quantitative estimate of drug-likeness (QED) is 0.625. The van der Waals surface area contributed by atoms with Gasteiger partial charge in [0.25, 0.3) is 5.91 Å². The molecule has 146 valence electrons. The summed E-state index contributed by atoms with van der Waals surface area (Å²) in [6, 6.07) is 6.81. The van der Waals surface area contributed by atoms with Gasteiger partial charge in [-0.15, -0.1) is 0 Å². The van der Waals surface area contributed by atoms with Crippen LogP contribution < -0.4 is 5.32 Å². The number of amides is 1. The monoisotopic (exact) mass is 415 g/mol. The van der Waals surface area contributed by atoms with E-state index < -0.39 is 29.3 Å². The van der Waals surface area contributed by atoms with E-state index in [1.807, 2.05) is 0 Å². The van der Waals surface area contributed by atoms with Crippen molar-refractivity contribution in [3.05, 3.63) is 82.3 Å². The first kappa shape index (κ1) is 19.8. The van der Waals surface area contributed by atoms with Gasteiger partial charge in [-0.1, -0.05) is 17.7 Å². The van der Waals surface area contributed by atoms with Crippen molar-refractivity contribution in [2.45, 2.75) is 12.7 Å². The lowest BCUT2D eigenvalue weighted by atomic mass is 10.2. The van der Waals surface area contributed by atoms with Gasteiger partial charge in [0.05, 0.1) is 10.6 Å². The van der Waals surface area contributed by atoms with Crippen LogP contribution in [0.15, 0.2) is 48.8 Å². The molecule has 0 fully saturated rings. The molecule has 0 aliphatic heterocycles. The Bertz CT molecular complexity index is 1030. The van der Waals surface area contributed by atoms with Crippen LogP contribution in [0.25, 0.3) is 5.82 Å². The smallest absolute Gasteiger partial charge is 0.347 e. The summed E-state index contributed by atoms with van der Waals surface area (Å²) in [5.74, 6) is -2.71. The van der Waals surface area contributed by atoms with E-state index in [1.165, 1.54) is 29.0 Å². The molecular weight excluding hydrogens is 405 g/mol. The van der Waals surface area contributed by atoms with Crippen LogP contribution in [0.2, 0.25) is 5.02 Å². The molecule has 3 aromatic rings. The average Bonchev–Trinajstić information content (AvgIpc) is 3.11. The van der Waals surface area contributed by atoms with Gasteiger partial charge in [0.15, 0.2) is 17.5 Å². The van der Waals surface area contributed by atoms with E-state index in [-0.39, 0.29) is 23.1 Å². The van der Waals surface area contributed by atoms with Crippen LogP contribution in [0.5, 0.6) is 0 Å².